The third-order valence-corrected chi connectivity index (χ3v) is 4.06. The van der Waals surface area contributed by atoms with Crippen LogP contribution in [0.2, 0.25) is 0 Å². The lowest BCUT2D eigenvalue weighted by Gasteiger charge is -2.35. The topological polar surface area (TPSA) is 67.4 Å². The number of aromatic nitrogens is 2. The van der Waals surface area contributed by atoms with Gasteiger partial charge in [0.05, 0.1) is 7.11 Å². The second-order valence-electron chi connectivity index (χ2n) is 5.17. The van der Waals surface area contributed by atoms with E-state index in [-0.39, 0.29) is 5.69 Å². The van der Waals surface area contributed by atoms with E-state index in [9.17, 15) is 4.79 Å². The molecule has 1 aromatic rings. The molecule has 0 saturated heterocycles. The summed E-state index contributed by atoms with van der Waals surface area (Å²) in [5, 5.41) is 11.4. The van der Waals surface area contributed by atoms with Crippen molar-refractivity contribution in [3.05, 3.63) is 17.8 Å². The van der Waals surface area contributed by atoms with Crippen LogP contribution in [0.1, 0.15) is 36.2 Å². The van der Waals surface area contributed by atoms with E-state index in [1.54, 1.807) is 6.07 Å². The van der Waals surface area contributed by atoms with Gasteiger partial charge in [-0.2, -0.15) is 0 Å². The molecule has 110 valence electrons. The van der Waals surface area contributed by atoms with Gasteiger partial charge in [0.1, 0.15) is 0 Å². The quantitative estimate of drug-likeness (QED) is 0.836. The molecule has 1 heterocycles. The molecule has 1 aliphatic carbocycles. The number of nitrogens with one attached hydrogen (secondary N) is 1. The molecule has 0 bridgehead atoms. The Morgan fingerprint density at radius 3 is 2.50 bits per heavy atom. The van der Waals surface area contributed by atoms with Gasteiger partial charge in [0.15, 0.2) is 11.5 Å². The number of anilines is 1. The SMILES string of the molecule is CNC1CCC(N(C)c2ccc(C(=O)OC)nn2)CC1. The summed E-state index contributed by atoms with van der Waals surface area (Å²) in [5.74, 6) is 0.340. The molecule has 0 spiro atoms. The zero-order valence-electron chi connectivity index (χ0n) is 12.3. The van der Waals surface area contributed by atoms with Crippen molar-refractivity contribution < 1.29 is 9.53 Å². The molecule has 1 fully saturated rings. The lowest BCUT2D eigenvalue weighted by molar-refractivity contribution is 0.0592. The molecule has 6 heteroatoms. The van der Waals surface area contributed by atoms with E-state index in [2.05, 4.69) is 25.2 Å². The minimum absolute atomic E-state index is 0.239. The minimum atomic E-state index is -0.457. The van der Waals surface area contributed by atoms with Gasteiger partial charge in [-0.1, -0.05) is 0 Å². The highest BCUT2D eigenvalue weighted by Crippen LogP contribution is 2.25. The summed E-state index contributed by atoms with van der Waals surface area (Å²) in [4.78, 5) is 13.5. The second kappa shape index (κ2) is 6.65. The van der Waals surface area contributed by atoms with Crippen LogP contribution in [-0.2, 0) is 4.74 Å². The van der Waals surface area contributed by atoms with Crippen LogP contribution < -0.4 is 10.2 Å². The molecule has 0 atom stereocenters. The Bertz CT molecular complexity index is 441. The number of ether oxygens (including phenoxy) is 1. The number of esters is 1. The van der Waals surface area contributed by atoms with Crippen LogP contribution in [0.25, 0.3) is 0 Å². The van der Waals surface area contributed by atoms with Crippen LogP contribution in [-0.4, -0.2) is 49.5 Å². The van der Waals surface area contributed by atoms with Crippen molar-refractivity contribution in [1.82, 2.24) is 15.5 Å². The number of hydrogen-bond acceptors (Lipinski definition) is 6. The molecule has 20 heavy (non-hydrogen) atoms. The Labute approximate surface area is 119 Å². The first-order chi connectivity index (χ1) is 9.65. The monoisotopic (exact) mass is 278 g/mol. The third kappa shape index (κ3) is 3.25. The molecular formula is C14H22N4O2. The van der Waals surface area contributed by atoms with Gasteiger partial charge in [-0.05, 0) is 44.9 Å². The fourth-order valence-electron chi connectivity index (χ4n) is 2.67. The Morgan fingerprint density at radius 1 is 1.30 bits per heavy atom. The van der Waals surface area contributed by atoms with Gasteiger partial charge >= 0.3 is 5.97 Å². The highest BCUT2D eigenvalue weighted by atomic mass is 16.5. The van der Waals surface area contributed by atoms with Crippen molar-refractivity contribution in [2.24, 2.45) is 0 Å². The van der Waals surface area contributed by atoms with Crippen LogP contribution in [0, 0.1) is 0 Å². The zero-order chi connectivity index (χ0) is 14.5. The summed E-state index contributed by atoms with van der Waals surface area (Å²) >= 11 is 0. The smallest absolute Gasteiger partial charge is 0.358 e. The second-order valence-corrected chi connectivity index (χ2v) is 5.17. The summed E-state index contributed by atoms with van der Waals surface area (Å²) in [7, 11) is 5.39. The highest BCUT2D eigenvalue weighted by molar-refractivity contribution is 5.86. The average Bonchev–Trinajstić information content (AvgIpc) is 2.53. The van der Waals surface area contributed by atoms with E-state index in [0.717, 1.165) is 18.7 Å². The molecule has 6 nitrogen and oxygen atoms in total. The Balaban J connectivity index is 1.99. The number of methoxy groups -OCH3 is 1. The van der Waals surface area contributed by atoms with Crippen LogP contribution in [0.5, 0.6) is 0 Å². The van der Waals surface area contributed by atoms with E-state index in [4.69, 9.17) is 0 Å². The van der Waals surface area contributed by atoms with Gasteiger partial charge in [0, 0.05) is 19.1 Å². The fourth-order valence-corrected chi connectivity index (χ4v) is 2.67. The first-order valence-electron chi connectivity index (χ1n) is 6.98. The molecule has 0 radical (unpaired) electrons. The van der Waals surface area contributed by atoms with Gasteiger partial charge in [-0.15, -0.1) is 10.2 Å². The maximum atomic E-state index is 11.3. The average molecular weight is 278 g/mol. The van der Waals surface area contributed by atoms with E-state index >= 15 is 0 Å². The molecule has 1 N–H and O–H groups in total. The van der Waals surface area contributed by atoms with Crippen molar-refractivity contribution in [2.75, 3.05) is 26.1 Å². The predicted octanol–water partition coefficient (Wildman–Crippen LogP) is 1.23. The van der Waals surface area contributed by atoms with E-state index < -0.39 is 5.97 Å². The molecule has 0 unspecified atom stereocenters. The van der Waals surface area contributed by atoms with Gasteiger partial charge in [0.25, 0.3) is 0 Å². The lowest BCUT2D eigenvalue weighted by Crippen LogP contribution is -2.40. The first-order valence-corrected chi connectivity index (χ1v) is 6.98. The van der Waals surface area contributed by atoms with Crippen molar-refractivity contribution in [2.45, 2.75) is 37.8 Å². The number of carbonyl (C=O) groups is 1. The Morgan fingerprint density at radius 2 is 2.00 bits per heavy atom. The molecule has 0 aromatic carbocycles. The molecule has 0 aliphatic heterocycles. The summed E-state index contributed by atoms with van der Waals surface area (Å²) in [6.07, 6.45) is 4.64. The number of carbonyl (C=O) groups excluding carboxylic acids is 1. The molecular weight excluding hydrogens is 256 g/mol. The molecule has 2 rings (SSSR count). The number of hydrogen-bond donors (Lipinski definition) is 1. The van der Waals surface area contributed by atoms with Crippen LogP contribution in [0.3, 0.4) is 0 Å². The first kappa shape index (κ1) is 14.7. The van der Waals surface area contributed by atoms with Crippen molar-refractivity contribution >= 4 is 11.8 Å². The van der Waals surface area contributed by atoms with E-state index in [1.807, 2.05) is 20.2 Å². The summed E-state index contributed by atoms with van der Waals surface area (Å²) in [6, 6.07) is 4.60. The Hall–Kier alpha value is -1.69. The molecule has 1 aromatic heterocycles. The van der Waals surface area contributed by atoms with Crippen molar-refractivity contribution in [3.63, 3.8) is 0 Å². The van der Waals surface area contributed by atoms with E-state index in [1.165, 1.54) is 20.0 Å². The van der Waals surface area contributed by atoms with E-state index in [0.29, 0.717) is 12.1 Å². The third-order valence-electron chi connectivity index (χ3n) is 4.06. The normalized spacial score (nSPS) is 22.4. The fraction of sp³-hybridized carbons (Fsp3) is 0.643. The van der Waals surface area contributed by atoms with Crippen molar-refractivity contribution in [1.29, 1.82) is 0 Å². The van der Waals surface area contributed by atoms with Gasteiger partial charge in [-0.25, -0.2) is 4.79 Å². The maximum absolute atomic E-state index is 11.3. The zero-order valence-corrected chi connectivity index (χ0v) is 12.3. The summed E-state index contributed by atoms with van der Waals surface area (Å²) in [5.41, 5.74) is 0.239. The maximum Gasteiger partial charge on any atom is 0.358 e. The lowest BCUT2D eigenvalue weighted by atomic mass is 9.90. The number of nitrogens with zero attached hydrogens (tertiary/aromatic N) is 3. The van der Waals surface area contributed by atoms with Crippen LogP contribution in [0.4, 0.5) is 5.82 Å². The number of rotatable bonds is 4. The molecule has 1 aliphatic rings. The molecule has 1 saturated carbocycles. The van der Waals surface area contributed by atoms with Crippen LogP contribution in [0.15, 0.2) is 12.1 Å². The largest absolute Gasteiger partial charge is 0.464 e. The van der Waals surface area contributed by atoms with Crippen molar-refractivity contribution in [3.8, 4) is 0 Å². The van der Waals surface area contributed by atoms with Gasteiger partial charge in [0.2, 0.25) is 0 Å². The minimum Gasteiger partial charge on any atom is -0.464 e. The summed E-state index contributed by atoms with van der Waals surface area (Å²) in [6.45, 7) is 0. The highest BCUT2D eigenvalue weighted by Gasteiger charge is 2.24. The molecule has 0 amide bonds. The Kier molecular flexibility index (Phi) is 4.89. The summed E-state index contributed by atoms with van der Waals surface area (Å²) < 4.78 is 4.62. The standard InChI is InChI=1S/C14H22N4O2/c1-15-10-4-6-11(7-5-10)18(2)13-9-8-12(16-17-13)14(19)20-3/h8-11,15H,4-7H2,1-3H3. The van der Waals surface area contributed by atoms with Gasteiger partial charge in [-0.3, -0.25) is 0 Å². The van der Waals surface area contributed by atoms with Crippen LogP contribution >= 0.6 is 0 Å². The van der Waals surface area contributed by atoms with Gasteiger partial charge < -0.3 is 15.0 Å². The predicted molar refractivity (Wildman–Crippen MR) is 76.9 cm³/mol.